The predicted molar refractivity (Wildman–Crippen MR) is 78.8 cm³/mol. The van der Waals surface area contributed by atoms with E-state index in [1.807, 2.05) is 0 Å². The summed E-state index contributed by atoms with van der Waals surface area (Å²) >= 11 is 0. The molecule has 0 fully saturated rings. The van der Waals surface area contributed by atoms with Crippen LogP contribution in [0.3, 0.4) is 0 Å². The number of nitrogens with zero attached hydrogens (tertiary/aromatic N) is 4. The Morgan fingerprint density at radius 3 is 2.23 bits per heavy atom. The van der Waals surface area contributed by atoms with Gasteiger partial charge in [0.25, 0.3) is 5.91 Å². The number of hydroxylamine groups is 1. The summed E-state index contributed by atoms with van der Waals surface area (Å²) in [7, 11) is 0. The minimum atomic E-state index is -0.603. The van der Waals surface area contributed by atoms with Crippen molar-refractivity contribution in [2.45, 2.75) is 0 Å². The van der Waals surface area contributed by atoms with E-state index in [0.717, 1.165) is 0 Å². The number of carbonyl (C=O) groups is 1. The quantitative estimate of drug-likeness (QED) is 0.551. The van der Waals surface area contributed by atoms with Crippen molar-refractivity contribution in [2.24, 2.45) is 0 Å². The van der Waals surface area contributed by atoms with Crippen molar-refractivity contribution in [3.8, 4) is 11.4 Å². The SMILES string of the molecule is O=C(NO)c1cccnc1-c1ccccn1.c1cncnc1. The molecule has 3 aromatic rings. The zero-order valence-electron chi connectivity index (χ0n) is 11.5. The number of pyridine rings is 2. The molecular weight excluding hydrogens is 282 g/mol. The number of hydrogen-bond acceptors (Lipinski definition) is 6. The highest BCUT2D eigenvalue weighted by Gasteiger charge is 2.13. The highest BCUT2D eigenvalue weighted by molar-refractivity contribution is 5.98. The van der Waals surface area contributed by atoms with Gasteiger partial charge in [0.15, 0.2) is 0 Å². The Balaban J connectivity index is 0.000000246. The Bertz CT molecular complexity index is 681. The maximum absolute atomic E-state index is 11.4. The predicted octanol–water partition coefficient (Wildman–Crippen LogP) is 1.74. The van der Waals surface area contributed by atoms with Crippen molar-refractivity contribution >= 4 is 5.91 Å². The molecule has 7 heteroatoms. The number of hydrogen-bond donors (Lipinski definition) is 2. The lowest BCUT2D eigenvalue weighted by Crippen LogP contribution is -2.19. The lowest BCUT2D eigenvalue weighted by Gasteiger charge is -2.05. The molecule has 7 nitrogen and oxygen atoms in total. The molecule has 0 saturated heterocycles. The van der Waals surface area contributed by atoms with E-state index in [9.17, 15) is 4.79 Å². The summed E-state index contributed by atoms with van der Waals surface area (Å²) in [4.78, 5) is 26.9. The van der Waals surface area contributed by atoms with Crippen LogP contribution in [0.1, 0.15) is 10.4 Å². The van der Waals surface area contributed by atoms with Crippen LogP contribution in [0.25, 0.3) is 11.4 Å². The molecule has 3 aromatic heterocycles. The van der Waals surface area contributed by atoms with Crippen molar-refractivity contribution in [1.29, 1.82) is 0 Å². The third kappa shape index (κ3) is 4.15. The Morgan fingerprint density at radius 2 is 1.68 bits per heavy atom. The molecule has 1 amide bonds. The molecule has 0 bridgehead atoms. The second-order valence-electron chi connectivity index (χ2n) is 3.96. The smallest absolute Gasteiger partial charge is 0.276 e. The highest BCUT2D eigenvalue weighted by atomic mass is 16.5. The van der Waals surface area contributed by atoms with Gasteiger partial charge < -0.3 is 0 Å². The van der Waals surface area contributed by atoms with Gasteiger partial charge in [-0.3, -0.25) is 20.0 Å². The molecule has 0 spiro atoms. The minimum Gasteiger partial charge on any atom is -0.288 e. The molecule has 0 aliphatic rings. The number of nitrogens with one attached hydrogen (secondary N) is 1. The number of rotatable bonds is 2. The molecule has 0 saturated carbocycles. The van der Waals surface area contributed by atoms with Crippen LogP contribution in [-0.4, -0.2) is 31.1 Å². The summed E-state index contributed by atoms with van der Waals surface area (Å²) in [6.07, 6.45) is 8.06. The average Bonchev–Trinajstić information content (AvgIpc) is 2.64. The molecule has 0 atom stereocenters. The first-order valence-electron chi connectivity index (χ1n) is 6.33. The van der Waals surface area contributed by atoms with Gasteiger partial charge in [-0.1, -0.05) is 6.07 Å². The van der Waals surface area contributed by atoms with Gasteiger partial charge in [0.05, 0.1) is 11.3 Å². The number of carbonyl (C=O) groups excluding carboxylic acids is 1. The molecule has 3 rings (SSSR count). The van der Waals surface area contributed by atoms with Gasteiger partial charge in [-0.05, 0) is 30.3 Å². The van der Waals surface area contributed by atoms with Gasteiger partial charge >= 0.3 is 0 Å². The van der Waals surface area contributed by atoms with Crippen LogP contribution in [0.4, 0.5) is 0 Å². The average molecular weight is 295 g/mol. The van der Waals surface area contributed by atoms with Crippen LogP contribution < -0.4 is 5.48 Å². The van der Waals surface area contributed by atoms with Crippen LogP contribution in [0.15, 0.2) is 67.5 Å². The maximum atomic E-state index is 11.4. The Kier molecular flexibility index (Phi) is 5.65. The molecule has 22 heavy (non-hydrogen) atoms. The van der Waals surface area contributed by atoms with Crippen molar-refractivity contribution < 1.29 is 10.0 Å². The van der Waals surface area contributed by atoms with Gasteiger partial charge in [0.1, 0.15) is 12.0 Å². The van der Waals surface area contributed by atoms with Gasteiger partial charge in [0.2, 0.25) is 0 Å². The standard InChI is InChI=1S/C11H9N3O2.C4H4N2/c15-11(14-16)8-4-3-7-13-10(8)9-5-1-2-6-12-9;1-2-5-4-6-3-1/h1-7,16H,(H,14,15);1-4H. The summed E-state index contributed by atoms with van der Waals surface area (Å²) in [6.45, 7) is 0. The van der Waals surface area contributed by atoms with Crippen molar-refractivity contribution in [3.05, 3.63) is 73.1 Å². The van der Waals surface area contributed by atoms with Crippen LogP contribution in [0.2, 0.25) is 0 Å². The van der Waals surface area contributed by atoms with E-state index < -0.39 is 5.91 Å². The fourth-order valence-corrected chi connectivity index (χ4v) is 1.61. The van der Waals surface area contributed by atoms with Crippen LogP contribution in [0, 0.1) is 0 Å². The minimum absolute atomic E-state index is 0.281. The van der Waals surface area contributed by atoms with Crippen LogP contribution in [-0.2, 0) is 0 Å². The van der Waals surface area contributed by atoms with Crippen molar-refractivity contribution in [3.63, 3.8) is 0 Å². The summed E-state index contributed by atoms with van der Waals surface area (Å²) in [5.41, 5.74) is 2.89. The molecule has 3 heterocycles. The lowest BCUT2D eigenvalue weighted by atomic mass is 10.1. The second-order valence-corrected chi connectivity index (χ2v) is 3.96. The Labute approximate surface area is 126 Å². The third-order valence-electron chi connectivity index (χ3n) is 2.54. The van der Waals surface area contributed by atoms with E-state index in [-0.39, 0.29) is 5.56 Å². The topological polar surface area (TPSA) is 101 Å². The summed E-state index contributed by atoms with van der Waals surface area (Å²) in [5.74, 6) is -0.603. The van der Waals surface area contributed by atoms with E-state index in [4.69, 9.17) is 5.21 Å². The molecule has 110 valence electrons. The highest BCUT2D eigenvalue weighted by Crippen LogP contribution is 2.17. The molecule has 0 aliphatic heterocycles. The zero-order valence-corrected chi connectivity index (χ0v) is 11.5. The normalized spacial score (nSPS) is 9.32. The molecule has 0 radical (unpaired) electrons. The van der Waals surface area contributed by atoms with Gasteiger partial charge in [0, 0.05) is 24.8 Å². The third-order valence-corrected chi connectivity index (χ3v) is 2.54. The molecule has 0 aliphatic carbocycles. The van der Waals surface area contributed by atoms with Crippen LogP contribution >= 0.6 is 0 Å². The number of aromatic nitrogens is 4. The Morgan fingerprint density at radius 1 is 0.909 bits per heavy atom. The summed E-state index contributed by atoms with van der Waals surface area (Å²) in [6, 6.07) is 10.3. The van der Waals surface area contributed by atoms with Crippen molar-refractivity contribution in [2.75, 3.05) is 0 Å². The van der Waals surface area contributed by atoms with E-state index in [0.29, 0.717) is 11.4 Å². The first kappa shape index (κ1) is 15.2. The maximum Gasteiger partial charge on any atom is 0.276 e. The van der Waals surface area contributed by atoms with E-state index in [2.05, 4.69) is 19.9 Å². The first-order chi connectivity index (χ1) is 10.8. The van der Waals surface area contributed by atoms with Gasteiger partial charge in [-0.2, -0.15) is 0 Å². The molecular formula is C15H13N5O2. The van der Waals surface area contributed by atoms with Crippen molar-refractivity contribution in [1.82, 2.24) is 25.4 Å². The summed E-state index contributed by atoms with van der Waals surface area (Å²) < 4.78 is 0. The Hall–Kier alpha value is -3.19. The summed E-state index contributed by atoms with van der Waals surface area (Å²) in [5, 5.41) is 8.61. The first-order valence-corrected chi connectivity index (χ1v) is 6.33. The number of amides is 1. The monoisotopic (exact) mass is 295 g/mol. The van der Waals surface area contributed by atoms with Gasteiger partial charge in [-0.15, -0.1) is 0 Å². The molecule has 0 aromatic carbocycles. The van der Waals surface area contributed by atoms with E-state index in [1.165, 1.54) is 6.33 Å². The van der Waals surface area contributed by atoms with E-state index in [1.54, 1.807) is 66.7 Å². The van der Waals surface area contributed by atoms with Gasteiger partial charge in [-0.25, -0.2) is 15.4 Å². The molecule has 2 N–H and O–H groups in total. The fraction of sp³-hybridized carbons (Fsp3) is 0. The molecule has 0 unspecified atom stereocenters. The second kappa shape index (κ2) is 8.18. The van der Waals surface area contributed by atoms with Crippen LogP contribution in [0.5, 0.6) is 0 Å². The fourth-order valence-electron chi connectivity index (χ4n) is 1.61. The zero-order chi connectivity index (χ0) is 15.6. The lowest BCUT2D eigenvalue weighted by molar-refractivity contribution is 0.0706. The van der Waals surface area contributed by atoms with E-state index >= 15 is 0 Å². The largest absolute Gasteiger partial charge is 0.288 e.